The van der Waals surface area contributed by atoms with Crippen LogP contribution in [-0.4, -0.2) is 19.7 Å². The molecule has 17 heavy (non-hydrogen) atoms. The van der Waals surface area contributed by atoms with Gasteiger partial charge < -0.3 is 10.1 Å². The average molecular weight is 233 g/mol. The molecule has 1 aromatic carbocycles. The van der Waals surface area contributed by atoms with E-state index >= 15 is 0 Å². The molecule has 0 aliphatic heterocycles. The Hall–Kier alpha value is -1.28. The zero-order chi connectivity index (χ0) is 12.5. The van der Waals surface area contributed by atoms with Crippen molar-refractivity contribution in [3.05, 3.63) is 42.0 Å². The van der Waals surface area contributed by atoms with E-state index in [-0.39, 0.29) is 0 Å². The first-order chi connectivity index (χ1) is 8.24. The monoisotopic (exact) mass is 233 g/mol. The Morgan fingerprint density at radius 2 is 2.00 bits per heavy atom. The Kier molecular flexibility index (Phi) is 6.41. The molecule has 0 atom stereocenters. The first-order valence-electron chi connectivity index (χ1n) is 6.24. The summed E-state index contributed by atoms with van der Waals surface area (Å²) >= 11 is 0. The smallest absolute Gasteiger partial charge is 0.122 e. The van der Waals surface area contributed by atoms with Gasteiger partial charge in [-0.2, -0.15) is 0 Å². The highest BCUT2D eigenvalue weighted by Gasteiger charge is 1.97. The molecular weight excluding hydrogens is 210 g/mol. The maximum absolute atomic E-state index is 5.31. The molecule has 1 aromatic rings. The van der Waals surface area contributed by atoms with Crippen LogP contribution in [0.5, 0.6) is 5.75 Å². The fraction of sp³-hybridized carbons (Fsp3) is 0.467. The van der Waals surface area contributed by atoms with Gasteiger partial charge in [-0.1, -0.05) is 44.2 Å². The molecule has 0 aliphatic rings. The summed E-state index contributed by atoms with van der Waals surface area (Å²) in [6, 6.07) is 8.72. The lowest BCUT2D eigenvalue weighted by Gasteiger charge is -2.06. The fourth-order valence-corrected chi connectivity index (χ4v) is 1.66. The van der Waals surface area contributed by atoms with E-state index in [1.54, 1.807) is 7.11 Å². The topological polar surface area (TPSA) is 21.3 Å². The minimum Gasteiger partial charge on any atom is -0.496 e. The van der Waals surface area contributed by atoms with E-state index in [1.165, 1.54) is 5.56 Å². The van der Waals surface area contributed by atoms with E-state index in [9.17, 15) is 0 Å². The summed E-state index contributed by atoms with van der Waals surface area (Å²) < 4.78 is 5.31. The van der Waals surface area contributed by atoms with Crippen molar-refractivity contribution in [2.24, 2.45) is 0 Å². The third kappa shape index (κ3) is 5.55. The van der Waals surface area contributed by atoms with Crippen LogP contribution in [0.1, 0.15) is 25.8 Å². The Balaban J connectivity index is 2.32. The summed E-state index contributed by atoms with van der Waals surface area (Å²) in [7, 11) is 1.72. The molecule has 0 aliphatic carbocycles. The summed E-state index contributed by atoms with van der Waals surface area (Å²) in [5.41, 5.74) is 1.24. The quantitative estimate of drug-likeness (QED) is 0.577. The van der Waals surface area contributed by atoms with Crippen LogP contribution in [0.3, 0.4) is 0 Å². The maximum atomic E-state index is 5.31. The van der Waals surface area contributed by atoms with Gasteiger partial charge in [-0.15, -0.1) is 0 Å². The maximum Gasteiger partial charge on any atom is 0.122 e. The van der Waals surface area contributed by atoms with E-state index in [1.807, 2.05) is 18.2 Å². The molecule has 94 valence electrons. The van der Waals surface area contributed by atoms with Crippen LogP contribution < -0.4 is 10.1 Å². The van der Waals surface area contributed by atoms with Crippen LogP contribution in [0.4, 0.5) is 0 Å². The van der Waals surface area contributed by atoms with Crippen molar-refractivity contribution in [1.29, 1.82) is 0 Å². The van der Waals surface area contributed by atoms with Gasteiger partial charge in [0, 0.05) is 6.04 Å². The van der Waals surface area contributed by atoms with Crippen molar-refractivity contribution in [3.8, 4) is 5.75 Å². The number of allylic oxidation sites excluding steroid dienone is 1. The Labute approximate surface area is 105 Å². The number of methoxy groups -OCH3 is 1. The molecule has 0 saturated carbocycles. The molecule has 0 saturated heterocycles. The van der Waals surface area contributed by atoms with Crippen LogP contribution in [0.15, 0.2) is 36.4 Å². The van der Waals surface area contributed by atoms with Crippen LogP contribution in [0.2, 0.25) is 0 Å². The minimum atomic E-state index is 0.567. The van der Waals surface area contributed by atoms with Gasteiger partial charge in [-0.3, -0.25) is 0 Å². The Morgan fingerprint density at radius 3 is 2.71 bits per heavy atom. The van der Waals surface area contributed by atoms with Gasteiger partial charge >= 0.3 is 0 Å². The second-order valence-corrected chi connectivity index (χ2v) is 4.38. The molecule has 0 spiro atoms. The second-order valence-electron chi connectivity index (χ2n) is 4.38. The molecular formula is C15H23NO. The SMILES string of the molecule is COc1ccccc1CC=CCCNC(C)C. The van der Waals surface area contributed by atoms with Gasteiger partial charge in [-0.05, 0) is 31.0 Å². The number of nitrogens with one attached hydrogen (secondary N) is 1. The van der Waals surface area contributed by atoms with Gasteiger partial charge in [0.25, 0.3) is 0 Å². The van der Waals surface area contributed by atoms with E-state index in [0.717, 1.165) is 25.1 Å². The standard InChI is InChI=1S/C15H23NO/c1-13(2)16-12-8-4-5-9-14-10-6-7-11-15(14)17-3/h4-7,10-11,13,16H,8-9,12H2,1-3H3. The van der Waals surface area contributed by atoms with Gasteiger partial charge in [0.2, 0.25) is 0 Å². The highest BCUT2D eigenvalue weighted by Crippen LogP contribution is 2.17. The molecule has 1 rings (SSSR count). The number of hydrogen-bond donors (Lipinski definition) is 1. The van der Waals surface area contributed by atoms with Gasteiger partial charge in [0.05, 0.1) is 7.11 Å². The lowest BCUT2D eigenvalue weighted by Crippen LogP contribution is -2.23. The third-order valence-corrected chi connectivity index (χ3v) is 2.56. The van der Waals surface area contributed by atoms with Gasteiger partial charge in [-0.25, -0.2) is 0 Å². The second kappa shape index (κ2) is 7.91. The molecule has 0 aromatic heterocycles. The minimum absolute atomic E-state index is 0.567. The molecule has 0 heterocycles. The largest absolute Gasteiger partial charge is 0.496 e. The molecule has 0 fully saturated rings. The third-order valence-electron chi connectivity index (χ3n) is 2.56. The van der Waals surface area contributed by atoms with Crippen LogP contribution in [-0.2, 0) is 6.42 Å². The first kappa shape index (κ1) is 13.8. The lowest BCUT2D eigenvalue weighted by atomic mass is 10.1. The highest BCUT2D eigenvalue weighted by atomic mass is 16.5. The number of hydrogen-bond acceptors (Lipinski definition) is 2. The van der Waals surface area contributed by atoms with E-state index in [0.29, 0.717) is 6.04 Å². The summed E-state index contributed by atoms with van der Waals surface area (Å²) in [5.74, 6) is 0.970. The number of rotatable bonds is 7. The summed E-state index contributed by atoms with van der Waals surface area (Å²) in [4.78, 5) is 0. The Bertz CT molecular complexity index is 345. The van der Waals surface area contributed by atoms with Crippen molar-refractivity contribution >= 4 is 0 Å². The average Bonchev–Trinajstić information content (AvgIpc) is 2.33. The highest BCUT2D eigenvalue weighted by molar-refractivity contribution is 5.34. The van der Waals surface area contributed by atoms with Crippen molar-refractivity contribution in [2.45, 2.75) is 32.7 Å². The summed E-state index contributed by atoms with van der Waals surface area (Å²) in [5, 5.41) is 3.39. The predicted molar refractivity (Wildman–Crippen MR) is 73.6 cm³/mol. The number of para-hydroxylation sites is 1. The predicted octanol–water partition coefficient (Wildman–Crippen LogP) is 3.18. The molecule has 2 nitrogen and oxygen atoms in total. The van der Waals surface area contributed by atoms with Crippen molar-refractivity contribution < 1.29 is 4.74 Å². The Morgan fingerprint density at radius 1 is 1.24 bits per heavy atom. The van der Waals surface area contributed by atoms with E-state index in [4.69, 9.17) is 4.74 Å². The molecule has 0 unspecified atom stereocenters. The van der Waals surface area contributed by atoms with Crippen LogP contribution in [0.25, 0.3) is 0 Å². The summed E-state index contributed by atoms with van der Waals surface area (Å²) in [6.07, 6.45) is 6.45. The fourth-order valence-electron chi connectivity index (χ4n) is 1.66. The first-order valence-corrected chi connectivity index (χ1v) is 6.24. The van der Waals surface area contributed by atoms with Crippen molar-refractivity contribution in [2.75, 3.05) is 13.7 Å². The van der Waals surface area contributed by atoms with E-state index in [2.05, 4.69) is 37.4 Å². The lowest BCUT2D eigenvalue weighted by molar-refractivity contribution is 0.410. The molecule has 0 bridgehead atoms. The zero-order valence-electron chi connectivity index (χ0n) is 11.1. The number of benzene rings is 1. The number of ether oxygens (including phenoxy) is 1. The molecule has 0 radical (unpaired) electrons. The van der Waals surface area contributed by atoms with Gasteiger partial charge in [0.15, 0.2) is 0 Å². The molecule has 1 N–H and O–H groups in total. The summed E-state index contributed by atoms with van der Waals surface area (Å²) in [6.45, 7) is 5.37. The molecule has 0 amide bonds. The van der Waals surface area contributed by atoms with Crippen LogP contribution >= 0.6 is 0 Å². The zero-order valence-corrected chi connectivity index (χ0v) is 11.1. The van der Waals surface area contributed by atoms with E-state index < -0.39 is 0 Å². The normalized spacial score (nSPS) is 11.3. The molecule has 2 heteroatoms. The van der Waals surface area contributed by atoms with Crippen molar-refractivity contribution in [3.63, 3.8) is 0 Å². The van der Waals surface area contributed by atoms with Crippen molar-refractivity contribution in [1.82, 2.24) is 5.32 Å². The van der Waals surface area contributed by atoms with Gasteiger partial charge in [0.1, 0.15) is 5.75 Å². The van der Waals surface area contributed by atoms with Crippen LogP contribution in [0, 0.1) is 0 Å².